The molecule has 0 aliphatic carbocycles. The van der Waals surface area contributed by atoms with Gasteiger partial charge in [0, 0.05) is 5.69 Å². The lowest BCUT2D eigenvalue weighted by Crippen LogP contribution is -2.22. The Morgan fingerprint density at radius 2 is 1.56 bits per heavy atom. The third-order valence-corrected chi connectivity index (χ3v) is 3.69. The Bertz CT molecular complexity index is 820. The first-order valence-electron chi connectivity index (χ1n) is 7.40. The number of para-hydroxylation sites is 1. The maximum absolute atomic E-state index is 11.9. The molecule has 130 valence electrons. The van der Waals surface area contributed by atoms with E-state index in [0.717, 1.165) is 11.3 Å². The predicted octanol–water partition coefficient (Wildman–Crippen LogP) is 3.38. The number of thiocarbonyl (C=S) groups is 1. The highest BCUT2D eigenvalue weighted by Gasteiger charge is 2.16. The molecule has 0 saturated carbocycles. The van der Waals surface area contributed by atoms with E-state index in [-0.39, 0.29) is 16.2 Å². The predicted molar refractivity (Wildman–Crippen MR) is 100 cm³/mol. The lowest BCUT2D eigenvalue weighted by molar-refractivity contribution is 0.0587. The summed E-state index contributed by atoms with van der Waals surface area (Å²) in [5.74, 6) is -1.06. The molecule has 2 N–H and O–H groups in total. The van der Waals surface area contributed by atoms with Gasteiger partial charge in [0.2, 0.25) is 0 Å². The van der Waals surface area contributed by atoms with Gasteiger partial charge in [-0.25, -0.2) is 9.59 Å². The minimum absolute atomic E-state index is 0.254. The van der Waals surface area contributed by atoms with Crippen molar-refractivity contribution in [2.24, 2.45) is 0 Å². The van der Waals surface area contributed by atoms with Crippen LogP contribution in [0.4, 0.5) is 11.4 Å². The SMILES string of the molecule is COC(=O)c1ccc(C(=O)OC)c(NC(=S)Nc2ccccc2C)c1. The second-order valence-electron chi connectivity index (χ2n) is 5.14. The fraction of sp³-hybridized carbons (Fsp3) is 0.167. The number of anilines is 2. The Morgan fingerprint density at radius 3 is 2.20 bits per heavy atom. The van der Waals surface area contributed by atoms with Crippen molar-refractivity contribution in [2.75, 3.05) is 24.9 Å². The molecule has 0 radical (unpaired) electrons. The van der Waals surface area contributed by atoms with Crippen LogP contribution >= 0.6 is 12.2 Å². The molecule has 0 amide bonds. The van der Waals surface area contributed by atoms with Crippen molar-refractivity contribution in [1.29, 1.82) is 0 Å². The maximum Gasteiger partial charge on any atom is 0.339 e. The van der Waals surface area contributed by atoms with Gasteiger partial charge < -0.3 is 20.1 Å². The van der Waals surface area contributed by atoms with Crippen LogP contribution in [0, 0.1) is 6.92 Å². The number of methoxy groups -OCH3 is 2. The van der Waals surface area contributed by atoms with Gasteiger partial charge in [0.15, 0.2) is 5.11 Å². The Morgan fingerprint density at radius 1 is 0.920 bits per heavy atom. The van der Waals surface area contributed by atoms with E-state index in [2.05, 4.69) is 10.6 Å². The average Bonchev–Trinajstić information content (AvgIpc) is 2.62. The minimum Gasteiger partial charge on any atom is -0.465 e. The van der Waals surface area contributed by atoms with E-state index in [1.807, 2.05) is 31.2 Å². The molecule has 0 fully saturated rings. The molecular weight excluding hydrogens is 340 g/mol. The molecule has 0 aromatic heterocycles. The van der Waals surface area contributed by atoms with Crippen LogP contribution in [0.3, 0.4) is 0 Å². The van der Waals surface area contributed by atoms with E-state index < -0.39 is 11.9 Å². The number of carbonyl (C=O) groups excluding carboxylic acids is 2. The Labute approximate surface area is 151 Å². The van der Waals surface area contributed by atoms with E-state index in [1.54, 1.807) is 0 Å². The van der Waals surface area contributed by atoms with Crippen LogP contribution in [0.5, 0.6) is 0 Å². The summed E-state index contributed by atoms with van der Waals surface area (Å²) in [7, 11) is 2.57. The maximum atomic E-state index is 11.9. The fourth-order valence-corrected chi connectivity index (χ4v) is 2.39. The molecule has 2 rings (SSSR count). The number of carbonyl (C=O) groups is 2. The van der Waals surface area contributed by atoms with Gasteiger partial charge in [0.1, 0.15) is 0 Å². The van der Waals surface area contributed by atoms with Gasteiger partial charge >= 0.3 is 11.9 Å². The van der Waals surface area contributed by atoms with Gasteiger partial charge in [0.25, 0.3) is 0 Å². The normalized spacial score (nSPS) is 9.88. The summed E-state index contributed by atoms with van der Waals surface area (Å²) in [5.41, 5.74) is 2.74. The highest BCUT2D eigenvalue weighted by Crippen LogP contribution is 2.21. The van der Waals surface area contributed by atoms with Gasteiger partial charge in [-0.3, -0.25) is 0 Å². The number of esters is 2. The number of rotatable bonds is 4. The zero-order valence-corrected chi connectivity index (χ0v) is 14.9. The van der Waals surface area contributed by atoms with E-state index >= 15 is 0 Å². The summed E-state index contributed by atoms with van der Waals surface area (Å²) in [5, 5.41) is 6.27. The number of benzene rings is 2. The van der Waals surface area contributed by atoms with Crippen molar-refractivity contribution in [3.8, 4) is 0 Å². The Hall–Kier alpha value is -2.93. The smallest absolute Gasteiger partial charge is 0.339 e. The van der Waals surface area contributed by atoms with Crippen molar-refractivity contribution >= 4 is 40.6 Å². The molecule has 25 heavy (non-hydrogen) atoms. The van der Waals surface area contributed by atoms with E-state index in [9.17, 15) is 9.59 Å². The summed E-state index contributed by atoms with van der Waals surface area (Å²) in [6.07, 6.45) is 0. The molecule has 2 aromatic carbocycles. The van der Waals surface area contributed by atoms with Crippen LogP contribution in [-0.2, 0) is 9.47 Å². The quantitative estimate of drug-likeness (QED) is 0.641. The number of nitrogens with one attached hydrogen (secondary N) is 2. The second kappa shape index (κ2) is 8.25. The molecule has 0 aliphatic rings. The molecule has 0 bridgehead atoms. The topological polar surface area (TPSA) is 76.7 Å². The zero-order chi connectivity index (χ0) is 18.4. The van der Waals surface area contributed by atoms with Crippen molar-refractivity contribution in [3.63, 3.8) is 0 Å². The Kier molecular flexibility index (Phi) is 6.08. The van der Waals surface area contributed by atoms with Gasteiger partial charge in [-0.1, -0.05) is 18.2 Å². The van der Waals surface area contributed by atoms with Crippen LogP contribution in [0.25, 0.3) is 0 Å². The van der Waals surface area contributed by atoms with Crippen LogP contribution in [0.15, 0.2) is 42.5 Å². The molecule has 0 saturated heterocycles. The van der Waals surface area contributed by atoms with Crippen molar-refractivity contribution < 1.29 is 19.1 Å². The standard InChI is InChI=1S/C18H18N2O4S/c1-11-6-4-5-7-14(11)19-18(25)20-15-10-12(16(21)23-2)8-9-13(15)17(22)24-3/h4-10H,1-3H3,(H2,19,20,25). The lowest BCUT2D eigenvalue weighted by atomic mass is 10.1. The molecule has 0 unspecified atom stereocenters. The monoisotopic (exact) mass is 358 g/mol. The van der Waals surface area contributed by atoms with E-state index in [0.29, 0.717) is 5.69 Å². The fourth-order valence-electron chi connectivity index (χ4n) is 2.17. The van der Waals surface area contributed by atoms with E-state index in [4.69, 9.17) is 21.7 Å². The Balaban J connectivity index is 2.29. The van der Waals surface area contributed by atoms with Crippen LogP contribution in [-0.4, -0.2) is 31.3 Å². The molecular formula is C18H18N2O4S. The third kappa shape index (κ3) is 4.54. The summed E-state index contributed by atoms with van der Waals surface area (Å²) < 4.78 is 9.47. The van der Waals surface area contributed by atoms with Crippen molar-refractivity contribution in [1.82, 2.24) is 0 Å². The molecule has 6 nitrogen and oxygen atoms in total. The van der Waals surface area contributed by atoms with Crippen LogP contribution in [0.1, 0.15) is 26.3 Å². The second-order valence-corrected chi connectivity index (χ2v) is 5.55. The largest absolute Gasteiger partial charge is 0.465 e. The molecule has 0 atom stereocenters. The van der Waals surface area contributed by atoms with E-state index in [1.165, 1.54) is 32.4 Å². The summed E-state index contributed by atoms with van der Waals surface area (Å²) in [4.78, 5) is 23.7. The van der Waals surface area contributed by atoms with Gasteiger partial charge in [-0.05, 0) is 49.0 Å². The first-order chi connectivity index (χ1) is 12.0. The highest BCUT2D eigenvalue weighted by molar-refractivity contribution is 7.80. The van der Waals surface area contributed by atoms with Crippen molar-refractivity contribution in [3.05, 3.63) is 59.2 Å². The first kappa shape index (κ1) is 18.4. The van der Waals surface area contributed by atoms with Gasteiger partial charge in [0.05, 0.1) is 31.0 Å². The first-order valence-corrected chi connectivity index (χ1v) is 7.81. The third-order valence-electron chi connectivity index (χ3n) is 3.49. The minimum atomic E-state index is -0.544. The number of ether oxygens (including phenoxy) is 2. The average molecular weight is 358 g/mol. The van der Waals surface area contributed by atoms with Crippen LogP contribution < -0.4 is 10.6 Å². The summed E-state index contributed by atoms with van der Waals surface area (Å²) >= 11 is 5.31. The zero-order valence-electron chi connectivity index (χ0n) is 14.1. The molecule has 0 spiro atoms. The van der Waals surface area contributed by atoms with Gasteiger partial charge in [-0.2, -0.15) is 0 Å². The molecule has 0 aliphatic heterocycles. The number of hydrogen-bond donors (Lipinski definition) is 2. The molecule has 0 heterocycles. The summed E-state index contributed by atoms with van der Waals surface area (Å²) in [6.45, 7) is 1.95. The highest BCUT2D eigenvalue weighted by atomic mass is 32.1. The van der Waals surface area contributed by atoms with Gasteiger partial charge in [-0.15, -0.1) is 0 Å². The lowest BCUT2D eigenvalue weighted by Gasteiger charge is -2.15. The number of aryl methyl sites for hydroxylation is 1. The number of hydrogen-bond acceptors (Lipinski definition) is 5. The molecule has 2 aromatic rings. The summed E-state index contributed by atoms with van der Waals surface area (Å²) in [6, 6.07) is 12.1. The van der Waals surface area contributed by atoms with Crippen LogP contribution in [0.2, 0.25) is 0 Å². The van der Waals surface area contributed by atoms with Crippen molar-refractivity contribution in [2.45, 2.75) is 6.92 Å². The molecule has 7 heteroatoms.